The minimum Gasteiger partial charge on any atom is -0.345 e. The molecule has 1 N–H and O–H groups in total. The number of carbonyl (C=O) groups is 1. The van der Waals surface area contributed by atoms with E-state index >= 15 is 0 Å². The van der Waals surface area contributed by atoms with Crippen molar-refractivity contribution in [2.75, 3.05) is 6.54 Å². The molecule has 1 aromatic carbocycles. The molecule has 0 spiro atoms. The van der Waals surface area contributed by atoms with Gasteiger partial charge in [-0.1, -0.05) is 30.3 Å². The fourth-order valence-electron chi connectivity index (χ4n) is 1.91. The number of halogens is 3. The topological polar surface area (TPSA) is 64.0 Å². The second-order valence-electron chi connectivity index (χ2n) is 4.88. The lowest BCUT2D eigenvalue weighted by molar-refractivity contribution is -0.140. The molecule has 8 heteroatoms. The molecule has 1 heterocycles. The number of alkyl halides is 3. The zero-order valence-corrected chi connectivity index (χ0v) is 12.2. The van der Waals surface area contributed by atoms with Crippen LogP contribution < -0.4 is 10.9 Å². The van der Waals surface area contributed by atoms with E-state index in [1.807, 2.05) is 6.07 Å². The summed E-state index contributed by atoms with van der Waals surface area (Å²) >= 11 is 0. The van der Waals surface area contributed by atoms with E-state index in [-0.39, 0.29) is 0 Å². The Bertz CT molecular complexity index is 742. The van der Waals surface area contributed by atoms with Crippen molar-refractivity contribution in [3.63, 3.8) is 0 Å². The molecule has 23 heavy (non-hydrogen) atoms. The van der Waals surface area contributed by atoms with Crippen LogP contribution in [0.3, 0.4) is 0 Å². The number of aromatic nitrogens is 2. The highest BCUT2D eigenvalue weighted by atomic mass is 19.4. The number of rotatable bonds is 4. The van der Waals surface area contributed by atoms with Crippen molar-refractivity contribution in [3.05, 3.63) is 52.8 Å². The summed E-state index contributed by atoms with van der Waals surface area (Å²) in [7, 11) is 0. The molecule has 1 atom stereocenters. The molecule has 1 amide bonds. The molecule has 0 saturated carbocycles. The summed E-state index contributed by atoms with van der Waals surface area (Å²) in [6, 6.07) is 10.5. The maximum Gasteiger partial charge on any atom is 0.405 e. The maximum absolute atomic E-state index is 12.1. The van der Waals surface area contributed by atoms with Crippen molar-refractivity contribution in [3.8, 4) is 11.3 Å². The van der Waals surface area contributed by atoms with Gasteiger partial charge in [0.25, 0.3) is 5.56 Å². The standard InChI is InChI=1S/C15H14F3N3O2/c1-10(14(23)19-9-15(16,17)18)21-13(22)8-7-12(20-21)11-5-3-2-4-6-11/h2-8,10H,9H2,1H3,(H,19,23). The molecule has 0 radical (unpaired) electrons. The summed E-state index contributed by atoms with van der Waals surface area (Å²) in [4.78, 5) is 23.6. The van der Waals surface area contributed by atoms with Crippen LogP contribution in [0, 0.1) is 0 Å². The maximum atomic E-state index is 12.1. The number of nitrogens with one attached hydrogen (secondary N) is 1. The van der Waals surface area contributed by atoms with Crippen LogP contribution >= 0.6 is 0 Å². The third-order valence-corrected chi connectivity index (χ3v) is 3.10. The van der Waals surface area contributed by atoms with E-state index in [2.05, 4.69) is 5.10 Å². The summed E-state index contributed by atoms with van der Waals surface area (Å²) in [5.41, 5.74) is 0.601. The van der Waals surface area contributed by atoms with Crippen molar-refractivity contribution in [1.29, 1.82) is 0 Å². The lowest BCUT2D eigenvalue weighted by Gasteiger charge is -2.15. The van der Waals surface area contributed by atoms with Crippen molar-refractivity contribution in [2.45, 2.75) is 19.1 Å². The van der Waals surface area contributed by atoms with Gasteiger partial charge in [-0.25, -0.2) is 4.68 Å². The van der Waals surface area contributed by atoms with Gasteiger partial charge in [0.15, 0.2) is 0 Å². The number of nitrogens with zero attached hydrogens (tertiary/aromatic N) is 2. The Morgan fingerprint density at radius 1 is 1.22 bits per heavy atom. The summed E-state index contributed by atoms with van der Waals surface area (Å²) in [5.74, 6) is -0.929. The van der Waals surface area contributed by atoms with Crippen LogP contribution in [0.2, 0.25) is 0 Å². The highest BCUT2D eigenvalue weighted by Crippen LogP contribution is 2.16. The SMILES string of the molecule is CC(C(=O)NCC(F)(F)F)n1nc(-c2ccccc2)ccc1=O. The lowest BCUT2D eigenvalue weighted by Crippen LogP contribution is -2.40. The van der Waals surface area contributed by atoms with Crippen LogP contribution in [-0.4, -0.2) is 28.4 Å². The Morgan fingerprint density at radius 2 is 1.87 bits per heavy atom. The monoisotopic (exact) mass is 325 g/mol. The number of hydrogen-bond acceptors (Lipinski definition) is 3. The van der Waals surface area contributed by atoms with Gasteiger partial charge in [0.1, 0.15) is 12.6 Å². The molecule has 122 valence electrons. The molecule has 5 nitrogen and oxygen atoms in total. The number of hydrogen-bond donors (Lipinski definition) is 1. The molecule has 0 bridgehead atoms. The zero-order valence-electron chi connectivity index (χ0n) is 12.2. The Kier molecular flexibility index (Phi) is 4.83. The average molecular weight is 325 g/mol. The summed E-state index contributed by atoms with van der Waals surface area (Å²) in [6.45, 7) is -0.141. The molecule has 0 aliphatic carbocycles. The number of benzene rings is 1. The summed E-state index contributed by atoms with van der Waals surface area (Å²) < 4.78 is 37.3. The highest BCUT2D eigenvalue weighted by Gasteiger charge is 2.29. The van der Waals surface area contributed by atoms with Crippen LogP contribution in [0.5, 0.6) is 0 Å². The number of carbonyl (C=O) groups excluding carboxylic acids is 1. The van der Waals surface area contributed by atoms with Gasteiger partial charge in [0, 0.05) is 11.6 Å². The van der Waals surface area contributed by atoms with E-state index in [9.17, 15) is 22.8 Å². The minimum absolute atomic E-state index is 0.445. The summed E-state index contributed by atoms with van der Waals surface area (Å²) in [6.07, 6.45) is -4.51. The first kappa shape index (κ1) is 16.7. The van der Waals surface area contributed by atoms with Gasteiger partial charge in [0.2, 0.25) is 5.91 Å². The number of amides is 1. The molecule has 0 fully saturated rings. The molecular formula is C15H14F3N3O2. The van der Waals surface area contributed by atoms with Crippen molar-refractivity contribution < 1.29 is 18.0 Å². The molecule has 2 rings (SSSR count). The zero-order chi connectivity index (χ0) is 17.0. The van der Waals surface area contributed by atoms with E-state index in [4.69, 9.17) is 0 Å². The van der Waals surface area contributed by atoms with Gasteiger partial charge >= 0.3 is 6.18 Å². The fourth-order valence-corrected chi connectivity index (χ4v) is 1.91. The first-order valence-electron chi connectivity index (χ1n) is 6.78. The molecule has 2 aromatic rings. The molecule has 0 aliphatic rings. The Balaban J connectivity index is 2.25. The molecule has 1 unspecified atom stereocenters. The van der Waals surface area contributed by atoms with E-state index in [0.29, 0.717) is 5.69 Å². The fraction of sp³-hybridized carbons (Fsp3) is 0.267. The van der Waals surface area contributed by atoms with E-state index in [1.54, 1.807) is 29.6 Å². The molecular weight excluding hydrogens is 311 g/mol. The normalized spacial score (nSPS) is 12.7. The van der Waals surface area contributed by atoms with Gasteiger partial charge in [-0.15, -0.1) is 0 Å². The first-order valence-corrected chi connectivity index (χ1v) is 6.78. The quantitative estimate of drug-likeness (QED) is 0.937. The minimum atomic E-state index is -4.51. The van der Waals surface area contributed by atoms with Crippen LogP contribution in [0.4, 0.5) is 13.2 Å². The summed E-state index contributed by atoms with van der Waals surface area (Å²) in [5, 5.41) is 5.81. The van der Waals surface area contributed by atoms with Crippen molar-refractivity contribution >= 4 is 5.91 Å². The first-order chi connectivity index (χ1) is 10.8. The highest BCUT2D eigenvalue weighted by molar-refractivity contribution is 5.79. The second-order valence-corrected chi connectivity index (χ2v) is 4.88. The predicted octanol–water partition coefficient (Wildman–Crippen LogP) is 2.15. The third kappa shape index (κ3) is 4.41. The Labute approximate surface area is 129 Å². The smallest absolute Gasteiger partial charge is 0.345 e. The second kappa shape index (κ2) is 6.64. The average Bonchev–Trinajstić information content (AvgIpc) is 2.52. The van der Waals surface area contributed by atoms with Crippen LogP contribution in [-0.2, 0) is 4.79 Å². The van der Waals surface area contributed by atoms with Gasteiger partial charge in [-0.05, 0) is 13.0 Å². The van der Waals surface area contributed by atoms with Crippen LogP contribution in [0.25, 0.3) is 11.3 Å². The molecule has 0 aliphatic heterocycles. The van der Waals surface area contributed by atoms with Crippen LogP contribution in [0.15, 0.2) is 47.3 Å². The molecule has 1 aromatic heterocycles. The van der Waals surface area contributed by atoms with Gasteiger partial charge in [-0.3, -0.25) is 9.59 Å². The largest absolute Gasteiger partial charge is 0.405 e. The van der Waals surface area contributed by atoms with E-state index in [1.165, 1.54) is 19.1 Å². The third-order valence-electron chi connectivity index (χ3n) is 3.10. The van der Waals surface area contributed by atoms with Gasteiger partial charge in [-0.2, -0.15) is 18.3 Å². The van der Waals surface area contributed by atoms with E-state index < -0.39 is 30.2 Å². The lowest BCUT2D eigenvalue weighted by atomic mass is 10.1. The Hall–Kier alpha value is -2.64. The van der Waals surface area contributed by atoms with Crippen LogP contribution in [0.1, 0.15) is 13.0 Å². The van der Waals surface area contributed by atoms with Gasteiger partial charge < -0.3 is 5.32 Å². The van der Waals surface area contributed by atoms with Gasteiger partial charge in [0.05, 0.1) is 5.69 Å². The van der Waals surface area contributed by atoms with Crippen molar-refractivity contribution in [2.24, 2.45) is 0 Å². The molecule has 0 saturated heterocycles. The van der Waals surface area contributed by atoms with E-state index in [0.717, 1.165) is 10.2 Å². The predicted molar refractivity (Wildman–Crippen MR) is 77.7 cm³/mol. The Morgan fingerprint density at radius 3 is 2.48 bits per heavy atom. The van der Waals surface area contributed by atoms with Crippen molar-refractivity contribution in [1.82, 2.24) is 15.1 Å².